The molecule has 4 aromatic rings. The number of rotatable bonds is 6. The minimum atomic E-state index is -0.240. The molecule has 2 aromatic heterocycles. The first-order valence-electron chi connectivity index (χ1n) is 16.4. The van der Waals surface area contributed by atoms with E-state index in [9.17, 15) is 0 Å². The van der Waals surface area contributed by atoms with Crippen molar-refractivity contribution in [1.29, 1.82) is 0 Å². The lowest BCUT2D eigenvalue weighted by molar-refractivity contribution is 0.207. The van der Waals surface area contributed by atoms with Gasteiger partial charge in [-0.1, -0.05) is 24.3 Å². The van der Waals surface area contributed by atoms with E-state index in [0.29, 0.717) is 41.0 Å². The minimum Gasteiger partial charge on any atom is -0.369 e. The molecule has 0 radical (unpaired) electrons. The van der Waals surface area contributed by atoms with Crippen molar-refractivity contribution in [2.24, 2.45) is 0 Å². The molecule has 0 unspecified atom stereocenters. The number of hydrogen-bond donors (Lipinski definition) is 2. The minimum absolute atomic E-state index is 0.240. The molecule has 9 rings (SSSR count). The van der Waals surface area contributed by atoms with E-state index in [1.807, 2.05) is 12.1 Å². The number of aromatic nitrogens is 4. The Morgan fingerprint density at radius 2 is 1.59 bits per heavy atom. The molecule has 8 nitrogen and oxygen atoms in total. The number of halogens is 1. The molecule has 3 N–H and O–H groups in total. The molecular weight excluding hydrogens is 551 g/mol. The first-order chi connectivity index (χ1) is 21.5. The second-order valence-corrected chi connectivity index (χ2v) is 13.1. The van der Waals surface area contributed by atoms with E-state index < -0.39 is 0 Å². The molecule has 0 spiro atoms. The van der Waals surface area contributed by atoms with Gasteiger partial charge in [0, 0.05) is 30.7 Å². The van der Waals surface area contributed by atoms with Gasteiger partial charge in [0.05, 0.1) is 11.4 Å². The Hall–Kier alpha value is -3.98. The molecule has 9 heteroatoms. The van der Waals surface area contributed by atoms with Crippen LogP contribution in [0.1, 0.15) is 80.0 Å². The molecule has 4 heterocycles. The summed E-state index contributed by atoms with van der Waals surface area (Å²) in [5.41, 5.74) is 14.0. The van der Waals surface area contributed by atoms with Crippen LogP contribution >= 0.6 is 0 Å². The van der Waals surface area contributed by atoms with Crippen molar-refractivity contribution in [2.75, 3.05) is 42.1 Å². The van der Waals surface area contributed by atoms with Crippen LogP contribution in [-0.4, -0.2) is 56.9 Å². The lowest BCUT2D eigenvalue weighted by Gasteiger charge is -2.39. The van der Waals surface area contributed by atoms with Gasteiger partial charge in [0.1, 0.15) is 5.82 Å². The Balaban J connectivity index is 1.05. The maximum atomic E-state index is 15.4. The van der Waals surface area contributed by atoms with Crippen LogP contribution < -0.4 is 16.0 Å². The normalized spacial score (nSPS) is 22.0. The maximum absolute atomic E-state index is 15.4. The van der Waals surface area contributed by atoms with Crippen LogP contribution in [0, 0.1) is 12.7 Å². The molecule has 228 valence electrons. The average molecular weight is 593 g/mol. The number of nitrogens with zero attached hydrogens (tertiary/aromatic N) is 6. The summed E-state index contributed by atoms with van der Waals surface area (Å²) in [5.74, 6) is 2.01. The van der Waals surface area contributed by atoms with Crippen molar-refractivity contribution in [3.05, 3.63) is 71.2 Å². The zero-order valence-corrected chi connectivity index (χ0v) is 25.5. The Morgan fingerprint density at radius 3 is 2.34 bits per heavy atom. The van der Waals surface area contributed by atoms with Gasteiger partial charge in [0.15, 0.2) is 5.82 Å². The van der Waals surface area contributed by atoms with Crippen LogP contribution in [-0.2, 0) is 0 Å². The summed E-state index contributed by atoms with van der Waals surface area (Å²) in [6, 6.07) is 16.6. The summed E-state index contributed by atoms with van der Waals surface area (Å²) in [7, 11) is 0. The van der Waals surface area contributed by atoms with Gasteiger partial charge in [-0.05, 0) is 124 Å². The second kappa shape index (κ2) is 11.2. The molecule has 2 bridgehead atoms. The standard InChI is InChI=1S/C35H41FN8/c1-22-6-2-3-7-27(22)28-21-31(39-33-24-10-8-23(9-11-24)32(28)33)44-34(37)40-35(41-44)38-25-12-13-30(29(36)20-25)43-18-14-26(15-19-43)42-16-4-5-17-42/h2-3,6-7,12-13,20-21,23-24,26H,4-5,8-11,14-19H2,1H3,(H3,37,38,40,41). The van der Waals surface area contributed by atoms with Gasteiger partial charge in [-0.2, -0.15) is 9.67 Å². The number of nitrogens with two attached hydrogens (primary N) is 1. The zero-order chi connectivity index (χ0) is 29.8. The highest BCUT2D eigenvalue weighted by Gasteiger charge is 2.37. The third kappa shape index (κ3) is 4.91. The first kappa shape index (κ1) is 27.6. The number of anilines is 4. The van der Waals surface area contributed by atoms with Crippen LogP contribution in [0.15, 0.2) is 48.5 Å². The quantitative estimate of drug-likeness (QED) is 0.251. The topological polar surface area (TPSA) is 88.1 Å². The smallest absolute Gasteiger partial charge is 0.248 e. The van der Waals surface area contributed by atoms with Gasteiger partial charge in [-0.25, -0.2) is 9.37 Å². The zero-order valence-electron chi connectivity index (χ0n) is 25.5. The summed E-state index contributed by atoms with van der Waals surface area (Å²) in [4.78, 5) is 14.4. The highest BCUT2D eigenvalue weighted by atomic mass is 19.1. The number of aryl methyl sites for hydroxylation is 1. The first-order valence-corrected chi connectivity index (χ1v) is 16.4. The fraction of sp³-hybridized carbons (Fsp3) is 0.457. The van der Waals surface area contributed by atoms with Crippen molar-refractivity contribution in [3.63, 3.8) is 0 Å². The average Bonchev–Trinajstić information content (AvgIpc) is 3.72. The number of nitrogens with one attached hydrogen (secondary N) is 1. The SMILES string of the molecule is Cc1ccccc1-c1cc(-n2nc(Nc3ccc(N4CCC(N5CCCC5)CC4)c(F)c3)nc2N)nc2c1C1CCC2CC1. The number of fused-ring (bicyclic) bond motifs is 2. The molecule has 2 aromatic carbocycles. The van der Waals surface area contributed by atoms with Gasteiger partial charge in [0.2, 0.25) is 11.9 Å². The maximum Gasteiger partial charge on any atom is 0.248 e. The monoisotopic (exact) mass is 592 g/mol. The molecular formula is C35H41FN8. The lowest BCUT2D eigenvalue weighted by atomic mass is 9.67. The summed E-state index contributed by atoms with van der Waals surface area (Å²) < 4.78 is 17.0. The molecule has 2 aliphatic heterocycles. The number of benzene rings is 2. The summed E-state index contributed by atoms with van der Waals surface area (Å²) >= 11 is 0. The van der Waals surface area contributed by atoms with E-state index in [2.05, 4.69) is 57.4 Å². The fourth-order valence-electron chi connectivity index (χ4n) is 8.26. The number of hydrogen-bond acceptors (Lipinski definition) is 7. The lowest BCUT2D eigenvalue weighted by Crippen LogP contribution is -2.44. The van der Waals surface area contributed by atoms with E-state index in [0.717, 1.165) is 25.9 Å². The van der Waals surface area contributed by atoms with Crippen LogP contribution in [0.2, 0.25) is 0 Å². The summed E-state index contributed by atoms with van der Waals surface area (Å²) in [6.45, 7) is 6.35. The fourth-order valence-corrected chi connectivity index (χ4v) is 8.26. The molecule has 2 saturated heterocycles. The molecule has 3 aliphatic carbocycles. The predicted octanol–water partition coefficient (Wildman–Crippen LogP) is 6.92. The van der Waals surface area contributed by atoms with Crippen molar-refractivity contribution in [3.8, 4) is 16.9 Å². The van der Waals surface area contributed by atoms with Crippen LogP contribution in [0.5, 0.6) is 0 Å². The highest BCUT2D eigenvalue weighted by Crippen LogP contribution is 2.52. The van der Waals surface area contributed by atoms with Crippen LogP contribution in [0.25, 0.3) is 16.9 Å². The van der Waals surface area contributed by atoms with Crippen molar-refractivity contribution < 1.29 is 4.39 Å². The van der Waals surface area contributed by atoms with E-state index in [1.165, 1.54) is 85.6 Å². The predicted molar refractivity (Wildman–Crippen MR) is 173 cm³/mol. The summed E-state index contributed by atoms with van der Waals surface area (Å²) in [6.07, 6.45) is 9.60. The number of likely N-dealkylation sites (tertiary alicyclic amines) is 1. The number of piperidine rings is 1. The van der Waals surface area contributed by atoms with Gasteiger partial charge in [-0.15, -0.1) is 5.10 Å². The largest absolute Gasteiger partial charge is 0.369 e. The van der Waals surface area contributed by atoms with Gasteiger partial charge in [0.25, 0.3) is 0 Å². The molecule has 5 aliphatic rings. The Labute approximate surface area is 258 Å². The van der Waals surface area contributed by atoms with Crippen molar-refractivity contribution in [2.45, 2.75) is 76.2 Å². The van der Waals surface area contributed by atoms with E-state index in [-0.39, 0.29) is 11.8 Å². The molecule has 0 atom stereocenters. The van der Waals surface area contributed by atoms with E-state index in [4.69, 9.17) is 15.8 Å². The van der Waals surface area contributed by atoms with Gasteiger partial charge >= 0.3 is 0 Å². The van der Waals surface area contributed by atoms with Crippen molar-refractivity contribution in [1.82, 2.24) is 24.6 Å². The number of nitrogen functional groups attached to an aromatic ring is 1. The summed E-state index contributed by atoms with van der Waals surface area (Å²) in [5, 5.41) is 7.88. The van der Waals surface area contributed by atoms with Gasteiger partial charge < -0.3 is 20.9 Å². The molecule has 44 heavy (non-hydrogen) atoms. The molecule has 1 saturated carbocycles. The molecule has 3 fully saturated rings. The molecule has 0 amide bonds. The van der Waals surface area contributed by atoms with Crippen molar-refractivity contribution >= 4 is 23.3 Å². The number of pyridine rings is 1. The third-order valence-corrected chi connectivity index (χ3v) is 10.5. The third-order valence-electron chi connectivity index (χ3n) is 10.5. The second-order valence-electron chi connectivity index (χ2n) is 13.1. The van der Waals surface area contributed by atoms with E-state index in [1.54, 1.807) is 4.68 Å². The van der Waals surface area contributed by atoms with Gasteiger partial charge in [-0.3, -0.25) is 0 Å². The van der Waals surface area contributed by atoms with E-state index >= 15 is 4.39 Å². The Morgan fingerprint density at radius 1 is 0.841 bits per heavy atom. The Kier molecular flexibility index (Phi) is 7.00. The highest BCUT2D eigenvalue weighted by molar-refractivity contribution is 5.74. The van der Waals surface area contributed by atoms with Crippen LogP contribution in [0.3, 0.4) is 0 Å². The van der Waals surface area contributed by atoms with Crippen LogP contribution in [0.4, 0.5) is 27.7 Å². The Bertz CT molecular complexity index is 1680.